The molecule has 0 fully saturated rings. The highest BCUT2D eigenvalue weighted by Gasteiger charge is 2.17. The Bertz CT molecular complexity index is 1030. The van der Waals surface area contributed by atoms with Crippen LogP contribution in [0.2, 0.25) is 0 Å². The van der Waals surface area contributed by atoms with E-state index in [0.29, 0.717) is 22.7 Å². The highest BCUT2D eigenvalue weighted by molar-refractivity contribution is 6.05. The topological polar surface area (TPSA) is 82.4 Å². The molecule has 3 aromatic rings. The fourth-order valence-corrected chi connectivity index (χ4v) is 2.71. The molecule has 1 amide bonds. The first-order valence-corrected chi connectivity index (χ1v) is 8.99. The molecule has 1 aromatic heterocycles. The van der Waals surface area contributed by atoms with Crippen LogP contribution >= 0.6 is 0 Å². The van der Waals surface area contributed by atoms with Gasteiger partial charge in [-0.3, -0.25) is 4.79 Å². The van der Waals surface area contributed by atoms with Gasteiger partial charge < -0.3 is 14.8 Å². The number of para-hydroxylation sites is 1. The molecule has 0 radical (unpaired) electrons. The number of nitrogens with zero attached hydrogens (tertiary/aromatic N) is 2. The average molecular weight is 397 g/mol. The summed E-state index contributed by atoms with van der Waals surface area (Å²) in [5.41, 5.74) is 1.56. The molecule has 1 N–H and O–H groups in total. The summed E-state index contributed by atoms with van der Waals surface area (Å²) in [6.45, 7) is 3.45. The molecule has 150 valence electrons. The molecular weight excluding hydrogens is 377 g/mol. The van der Waals surface area contributed by atoms with Gasteiger partial charge in [-0.15, -0.1) is 0 Å². The minimum Gasteiger partial charge on any atom is -0.482 e. The van der Waals surface area contributed by atoms with Crippen molar-refractivity contribution < 1.29 is 23.5 Å². The van der Waals surface area contributed by atoms with Crippen LogP contribution in [0.3, 0.4) is 0 Å². The highest BCUT2D eigenvalue weighted by atomic mass is 19.1. The maximum Gasteiger partial charge on any atom is 0.344 e. The molecule has 0 aliphatic carbocycles. The summed E-state index contributed by atoms with van der Waals surface area (Å²) in [6.07, 6.45) is 1.39. The van der Waals surface area contributed by atoms with E-state index in [1.54, 1.807) is 56.3 Å². The van der Waals surface area contributed by atoms with Gasteiger partial charge in [0.2, 0.25) is 0 Å². The normalized spacial score (nSPS) is 10.4. The number of nitrogens with one attached hydrogen (secondary N) is 1. The van der Waals surface area contributed by atoms with Gasteiger partial charge in [-0.1, -0.05) is 18.2 Å². The fraction of sp³-hybridized carbons (Fsp3) is 0.190. The van der Waals surface area contributed by atoms with Crippen LogP contribution in [0.5, 0.6) is 5.75 Å². The molecule has 0 spiro atoms. The zero-order valence-corrected chi connectivity index (χ0v) is 16.0. The zero-order valence-electron chi connectivity index (χ0n) is 16.0. The van der Waals surface area contributed by atoms with Gasteiger partial charge in [-0.25, -0.2) is 13.9 Å². The maximum absolute atomic E-state index is 14.0. The Hall–Kier alpha value is -3.68. The van der Waals surface area contributed by atoms with E-state index in [9.17, 15) is 14.0 Å². The number of hydrogen-bond acceptors (Lipinski definition) is 5. The summed E-state index contributed by atoms with van der Waals surface area (Å²) in [7, 11) is 0. The number of amides is 1. The molecule has 0 saturated heterocycles. The van der Waals surface area contributed by atoms with Gasteiger partial charge in [0.25, 0.3) is 5.91 Å². The molecule has 29 heavy (non-hydrogen) atoms. The molecule has 0 aliphatic rings. The van der Waals surface area contributed by atoms with Crippen LogP contribution in [0.25, 0.3) is 5.69 Å². The maximum atomic E-state index is 14.0. The quantitative estimate of drug-likeness (QED) is 0.617. The third-order valence-corrected chi connectivity index (χ3v) is 4.09. The lowest BCUT2D eigenvalue weighted by atomic mass is 10.2. The lowest BCUT2D eigenvalue weighted by Crippen LogP contribution is -2.15. The Labute approximate surface area is 167 Å². The number of halogens is 1. The molecule has 3 rings (SSSR count). The molecule has 7 nitrogen and oxygen atoms in total. The third kappa shape index (κ3) is 4.78. The van der Waals surface area contributed by atoms with Gasteiger partial charge in [0.05, 0.1) is 24.1 Å². The van der Waals surface area contributed by atoms with Crippen LogP contribution in [0.1, 0.15) is 23.0 Å². The number of anilines is 1. The Morgan fingerprint density at radius 1 is 1.17 bits per heavy atom. The van der Waals surface area contributed by atoms with E-state index in [1.807, 2.05) is 0 Å². The van der Waals surface area contributed by atoms with Crippen LogP contribution in [-0.4, -0.2) is 34.9 Å². The van der Waals surface area contributed by atoms with Crippen LogP contribution in [-0.2, 0) is 9.53 Å². The van der Waals surface area contributed by atoms with Crippen molar-refractivity contribution in [3.8, 4) is 11.4 Å². The smallest absolute Gasteiger partial charge is 0.344 e. The Kier molecular flexibility index (Phi) is 6.23. The summed E-state index contributed by atoms with van der Waals surface area (Å²) in [5, 5.41) is 6.88. The third-order valence-electron chi connectivity index (χ3n) is 4.09. The second-order valence-electron chi connectivity index (χ2n) is 6.08. The number of hydrogen-bond donors (Lipinski definition) is 1. The van der Waals surface area contributed by atoms with Gasteiger partial charge in [0.1, 0.15) is 17.3 Å². The number of esters is 1. The van der Waals surface area contributed by atoms with E-state index in [2.05, 4.69) is 10.4 Å². The summed E-state index contributed by atoms with van der Waals surface area (Å²) in [5.74, 6) is -0.891. The van der Waals surface area contributed by atoms with Gasteiger partial charge in [0, 0.05) is 11.8 Å². The van der Waals surface area contributed by atoms with Crippen LogP contribution in [0.4, 0.5) is 10.1 Å². The van der Waals surface area contributed by atoms with E-state index in [1.165, 1.54) is 16.9 Å². The van der Waals surface area contributed by atoms with Crippen molar-refractivity contribution in [3.05, 3.63) is 71.8 Å². The molecular formula is C21H20FN3O4. The Balaban J connectivity index is 1.72. The van der Waals surface area contributed by atoms with Crippen LogP contribution < -0.4 is 10.1 Å². The minimum absolute atomic E-state index is 0.222. The molecule has 2 aromatic carbocycles. The molecule has 1 heterocycles. The highest BCUT2D eigenvalue weighted by Crippen LogP contribution is 2.21. The summed E-state index contributed by atoms with van der Waals surface area (Å²) in [6, 6.07) is 12.8. The monoisotopic (exact) mass is 397 g/mol. The predicted molar refractivity (Wildman–Crippen MR) is 105 cm³/mol. The average Bonchev–Trinajstić information content (AvgIpc) is 3.09. The standard InChI is InChI=1S/C21H20FN3O4/c1-3-28-20(26)13-29-16-8-6-7-15(11-16)24-21(27)17-12-23-25(14(17)2)19-10-5-4-9-18(19)22/h4-12H,3,13H2,1-2H3,(H,24,27). The number of carbonyl (C=O) groups excluding carboxylic acids is 2. The van der Waals surface area contributed by atoms with Crippen molar-refractivity contribution in [2.45, 2.75) is 13.8 Å². The lowest BCUT2D eigenvalue weighted by Gasteiger charge is -2.09. The summed E-state index contributed by atoms with van der Waals surface area (Å²) < 4.78 is 25.6. The first-order chi connectivity index (χ1) is 14.0. The number of ether oxygens (including phenoxy) is 2. The zero-order chi connectivity index (χ0) is 20.8. The van der Waals surface area contributed by atoms with Crippen LogP contribution in [0.15, 0.2) is 54.7 Å². The SMILES string of the molecule is CCOC(=O)COc1cccc(NC(=O)c2cnn(-c3ccccc3F)c2C)c1. The number of aromatic nitrogens is 2. The van der Waals surface area contributed by atoms with Crippen molar-refractivity contribution in [2.24, 2.45) is 0 Å². The van der Waals surface area contributed by atoms with Gasteiger partial charge >= 0.3 is 5.97 Å². The second-order valence-corrected chi connectivity index (χ2v) is 6.08. The fourth-order valence-electron chi connectivity index (χ4n) is 2.71. The first-order valence-electron chi connectivity index (χ1n) is 8.99. The Morgan fingerprint density at radius 3 is 2.72 bits per heavy atom. The van der Waals surface area contributed by atoms with Crippen LogP contribution in [0, 0.1) is 12.7 Å². The van der Waals surface area contributed by atoms with Crippen molar-refractivity contribution in [2.75, 3.05) is 18.5 Å². The summed E-state index contributed by atoms with van der Waals surface area (Å²) in [4.78, 5) is 24.0. The van der Waals surface area contributed by atoms with Gasteiger partial charge in [-0.2, -0.15) is 5.10 Å². The molecule has 8 heteroatoms. The molecule has 0 atom stereocenters. The van der Waals surface area contributed by atoms with Gasteiger partial charge in [-0.05, 0) is 38.1 Å². The molecule has 0 aliphatic heterocycles. The van der Waals surface area contributed by atoms with Crippen molar-refractivity contribution >= 4 is 17.6 Å². The minimum atomic E-state index is -0.474. The van der Waals surface area contributed by atoms with E-state index in [-0.39, 0.29) is 18.9 Å². The molecule has 0 saturated carbocycles. The lowest BCUT2D eigenvalue weighted by molar-refractivity contribution is -0.145. The van der Waals surface area contributed by atoms with E-state index < -0.39 is 17.7 Å². The summed E-state index contributed by atoms with van der Waals surface area (Å²) >= 11 is 0. The first kappa shape index (κ1) is 20.1. The van der Waals surface area contributed by atoms with Crippen molar-refractivity contribution in [1.82, 2.24) is 9.78 Å². The van der Waals surface area contributed by atoms with E-state index >= 15 is 0 Å². The molecule has 0 bridgehead atoms. The number of rotatable bonds is 7. The van der Waals surface area contributed by atoms with E-state index in [4.69, 9.17) is 9.47 Å². The second kappa shape index (κ2) is 9.01. The number of benzene rings is 2. The van der Waals surface area contributed by atoms with Gasteiger partial charge in [0.15, 0.2) is 6.61 Å². The molecule has 0 unspecified atom stereocenters. The van der Waals surface area contributed by atoms with E-state index in [0.717, 1.165) is 0 Å². The largest absolute Gasteiger partial charge is 0.482 e. The van der Waals surface area contributed by atoms with Crippen molar-refractivity contribution in [3.63, 3.8) is 0 Å². The number of carbonyl (C=O) groups is 2. The Morgan fingerprint density at radius 2 is 1.97 bits per heavy atom. The predicted octanol–water partition coefficient (Wildman–Crippen LogP) is 3.51. The van der Waals surface area contributed by atoms with Crippen molar-refractivity contribution in [1.29, 1.82) is 0 Å².